The second-order valence-corrected chi connectivity index (χ2v) is 4.90. The molecule has 112 valence electrons. The van der Waals surface area contributed by atoms with Crippen LogP contribution in [0.4, 0.5) is 4.79 Å². The summed E-state index contributed by atoms with van der Waals surface area (Å²) in [4.78, 5) is 23.0. The molecule has 0 aromatic heterocycles. The zero-order valence-electron chi connectivity index (χ0n) is 12.1. The van der Waals surface area contributed by atoms with Crippen LogP contribution < -0.4 is 16.4 Å². The van der Waals surface area contributed by atoms with Gasteiger partial charge in [-0.25, -0.2) is 4.79 Å². The molecular weight excluding hydrogens is 246 g/mol. The van der Waals surface area contributed by atoms with E-state index < -0.39 is 12.1 Å². The van der Waals surface area contributed by atoms with Gasteiger partial charge >= 0.3 is 6.03 Å². The standard InChI is InChI=1S/C13H27N3O3/c1-4-9(3)11(16-13(14)19)12(18)15-8-10(5-2)6-7-17/h9-11,17H,4-8H2,1-3H3,(H,15,18)(H3,14,16,19). The Labute approximate surface area is 115 Å². The lowest BCUT2D eigenvalue weighted by Gasteiger charge is -2.24. The number of primary amides is 1. The largest absolute Gasteiger partial charge is 0.396 e. The van der Waals surface area contributed by atoms with E-state index in [1.165, 1.54) is 0 Å². The molecule has 0 aliphatic rings. The third kappa shape index (κ3) is 7.00. The van der Waals surface area contributed by atoms with Crippen molar-refractivity contribution in [2.75, 3.05) is 13.2 Å². The summed E-state index contributed by atoms with van der Waals surface area (Å²) < 4.78 is 0. The van der Waals surface area contributed by atoms with Crippen LogP contribution in [0.25, 0.3) is 0 Å². The van der Waals surface area contributed by atoms with E-state index in [-0.39, 0.29) is 24.3 Å². The number of hydrogen-bond acceptors (Lipinski definition) is 3. The van der Waals surface area contributed by atoms with Crippen molar-refractivity contribution >= 4 is 11.9 Å². The molecule has 5 N–H and O–H groups in total. The van der Waals surface area contributed by atoms with E-state index in [0.29, 0.717) is 13.0 Å². The Balaban J connectivity index is 4.42. The van der Waals surface area contributed by atoms with Crippen LogP contribution in [0, 0.1) is 11.8 Å². The zero-order chi connectivity index (χ0) is 14.8. The van der Waals surface area contributed by atoms with Crippen LogP contribution in [0.5, 0.6) is 0 Å². The Morgan fingerprint density at radius 1 is 1.26 bits per heavy atom. The summed E-state index contributed by atoms with van der Waals surface area (Å²) >= 11 is 0. The molecular formula is C13H27N3O3. The molecule has 0 aliphatic heterocycles. The van der Waals surface area contributed by atoms with Crippen molar-refractivity contribution < 1.29 is 14.7 Å². The van der Waals surface area contributed by atoms with Crippen molar-refractivity contribution in [2.24, 2.45) is 17.6 Å². The predicted molar refractivity (Wildman–Crippen MR) is 74.5 cm³/mol. The minimum atomic E-state index is -0.692. The Morgan fingerprint density at radius 2 is 1.89 bits per heavy atom. The molecule has 0 rings (SSSR count). The van der Waals surface area contributed by atoms with E-state index in [1.54, 1.807) is 0 Å². The average molecular weight is 273 g/mol. The summed E-state index contributed by atoms with van der Waals surface area (Å²) in [6, 6.07) is -1.29. The Hall–Kier alpha value is -1.30. The number of nitrogens with one attached hydrogen (secondary N) is 2. The van der Waals surface area contributed by atoms with E-state index in [1.807, 2.05) is 20.8 Å². The van der Waals surface area contributed by atoms with Gasteiger partial charge in [-0.1, -0.05) is 33.6 Å². The Morgan fingerprint density at radius 3 is 2.32 bits per heavy atom. The summed E-state index contributed by atoms with van der Waals surface area (Å²) in [5, 5.41) is 14.2. The molecule has 3 amide bonds. The first-order valence-corrected chi connectivity index (χ1v) is 6.90. The highest BCUT2D eigenvalue weighted by molar-refractivity contribution is 5.86. The summed E-state index contributed by atoms with van der Waals surface area (Å²) in [6.45, 7) is 6.48. The van der Waals surface area contributed by atoms with Crippen molar-refractivity contribution in [1.29, 1.82) is 0 Å². The molecule has 0 saturated carbocycles. The number of carbonyl (C=O) groups excluding carboxylic acids is 2. The van der Waals surface area contributed by atoms with Crippen LogP contribution in [0.2, 0.25) is 0 Å². The van der Waals surface area contributed by atoms with Crippen LogP contribution in [-0.2, 0) is 4.79 Å². The molecule has 19 heavy (non-hydrogen) atoms. The molecule has 0 aromatic rings. The van der Waals surface area contributed by atoms with Gasteiger partial charge in [-0.15, -0.1) is 0 Å². The number of hydrogen-bond donors (Lipinski definition) is 4. The quantitative estimate of drug-likeness (QED) is 0.494. The second kappa shape index (κ2) is 9.61. The minimum Gasteiger partial charge on any atom is -0.396 e. The van der Waals surface area contributed by atoms with Crippen LogP contribution >= 0.6 is 0 Å². The Bertz CT molecular complexity index is 284. The lowest BCUT2D eigenvalue weighted by Crippen LogP contribution is -2.52. The molecule has 0 saturated heterocycles. The van der Waals surface area contributed by atoms with Crippen LogP contribution in [0.3, 0.4) is 0 Å². The highest BCUT2D eigenvalue weighted by Gasteiger charge is 2.25. The molecule has 3 atom stereocenters. The molecule has 3 unspecified atom stereocenters. The van der Waals surface area contributed by atoms with Gasteiger partial charge in [0.15, 0.2) is 0 Å². The molecule has 6 heteroatoms. The second-order valence-electron chi connectivity index (χ2n) is 4.90. The minimum absolute atomic E-state index is 0.0189. The van der Waals surface area contributed by atoms with Gasteiger partial charge in [0.1, 0.15) is 6.04 Å². The van der Waals surface area contributed by atoms with E-state index in [0.717, 1.165) is 12.8 Å². The fourth-order valence-corrected chi connectivity index (χ4v) is 1.84. The summed E-state index contributed by atoms with van der Waals surface area (Å²) in [5.41, 5.74) is 5.09. The smallest absolute Gasteiger partial charge is 0.312 e. The summed E-state index contributed by atoms with van der Waals surface area (Å²) in [5.74, 6) is 0.0510. The molecule has 0 spiro atoms. The first-order valence-electron chi connectivity index (χ1n) is 6.90. The molecule has 0 aromatic carbocycles. The number of urea groups is 1. The van der Waals surface area contributed by atoms with E-state index in [9.17, 15) is 9.59 Å². The summed E-state index contributed by atoms with van der Waals surface area (Å²) in [6.07, 6.45) is 2.32. The number of carbonyl (C=O) groups is 2. The van der Waals surface area contributed by atoms with Gasteiger partial charge in [0.2, 0.25) is 5.91 Å². The fraction of sp³-hybridized carbons (Fsp3) is 0.846. The normalized spacial score (nSPS) is 15.4. The van der Waals surface area contributed by atoms with Gasteiger partial charge in [0.25, 0.3) is 0 Å². The lowest BCUT2D eigenvalue weighted by atomic mass is 9.97. The monoisotopic (exact) mass is 273 g/mol. The summed E-state index contributed by atoms with van der Waals surface area (Å²) in [7, 11) is 0. The van der Waals surface area contributed by atoms with Gasteiger partial charge in [-0.05, 0) is 18.3 Å². The van der Waals surface area contributed by atoms with E-state index in [4.69, 9.17) is 10.8 Å². The number of aliphatic hydroxyl groups is 1. The van der Waals surface area contributed by atoms with Crippen molar-refractivity contribution in [1.82, 2.24) is 10.6 Å². The SMILES string of the molecule is CCC(CCO)CNC(=O)C(NC(N)=O)C(C)CC. The van der Waals surface area contributed by atoms with Crippen molar-refractivity contribution in [3.8, 4) is 0 Å². The van der Waals surface area contributed by atoms with Gasteiger partial charge in [-0.3, -0.25) is 4.79 Å². The highest BCUT2D eigenvalue weighted by atomic mass is 16.3. The topological polar surface area (TPSA) is 104 Å². The Kier molecular flexibility index (Phi) is 8.95. The average Bonchev–Trinajstić information content (AvgIpc) is 2.39. The van der Waals surface area contributed by atoms with Gasteiger partial charge in [-0.2, -0.15) is 0 Å². The molecule has 6 nitrogen and oxygen atoms in total. The third-order valence-corrected chi connectivity index (χ3v) is 3.47. The van der Waals surface area contributed by atoms with Crippen molar-refractivity contribution in [2.45, 2.75) is 46.1 Å². The third-order valence-electron chi connectivity index (χ3n) is 3.47. The van der Waals surface area contributed by atoms with Crippen molar-refractivity contribution in [3.05, 3.63) is 0 Å². The maximum absolute atomic E-state index is 12.1. The van der Waals surface area contributed by atoms with Crippen molar-refractivity contribution in [3.63, 3.8) is 0 Å². The first-order chi connectivity index (χ1) is 8.96. The molecule has 0 fully saturated rings. The van der Waals surface area contributed by atoms with Gasteiger partial charge in [0, 0.05) is 13.2 Å². The maximum Gasteiger partial charge on any atom is 0.312 e. The molecule has 0 radical (unpaired) electrons. The zero-order valence-corrected chi connectivity index (χ0v) is 12.1. The predicted octanol–water partition coefficient (Wildman–Crippen LogP) is 0.594. The lowest BCUT2D eigenvalue weighted by molar-refractivity contribution is -0.124. The van der Waals surface area contributed by atoms with Crippen LogP contribution in [0.1, 0.15) is 40.0 Å². The van der Waals surface area contributed by atoms with E-state index in [2.05, 4.69) is 10.6 Å². The fourth-order valence-electron chi connectivity index (χ4n) is 1.84. The van der Waals surface area contributed by atoms with E-state index >= 15 is 0 Å². The number of nitrogens with two attached hydrogens (primary N) is 1. The van der Waals surface area contributed by atoms with Crippen LogP contribution in [-0.4, -0.2) is 36.2 Å². The first kappa shape index (κ1) is 17.7. The highest BCUT2D eigenvalue weighted by Crippen LogP contribution is 2.09. The molecule has 0 bridgehead atoms. The van der Waals surface area contributed by atoms with Crippen LogP contribution in [0.15, 0.2) is 0 Å². The maximum atomic E-state index is 12.1. The van der Waals surface area contributed by atoms with Gasteiger partial charge < -0.3 is 21.5 Å². The number of rotatable bonds is 9. The molecule has 0 heterocycles. The molecule has 0 aliphatic carbocycles. The number of amides is 3. The number of aliphatic hydroxyl groups excluding tert-OH is 1. The van der Waals surface area contributed by atoms with Gasteiger partial charge in [0.05, 0.1) is 0 Å².